The van der Waals surface area contributed by atoms with E-state index in [1.807, 2.05) is 0 Å². The standard InChI is InChI=1S/C14H10Br4/c1-7-11(3-9(15)5-13(7)17)12-4-10(16)6-14(18)8(12)2/h3-6H,1-2H3. The number of hydrogen-bond donors (Lipinski definition) is 0. The zero-order chi connectivity index (χ0) is 13.4. The molecule has 0 aromatic heterocycles. The largest absolute Gasteiger partial charge is 0.0508 e. The van der Waals surface area contributed by atoms with Crippen molar-refractivity contribution in [3.63, 3.8) is 0 Å². The Morgan fingerprint density at radius 3 is 1.28 bits per heavy atom. The van der Waals surface area contributed by atoms with Crippen LogP contribution >= 0.6 is 63.7 Å². The van der Waals surface area contributed by atoms with Crippen molar-refractivity contribution < 1.29 is 0 Å². The van der Waals surface area contributed by atoms with Gasteiger partial charge in [-0.05, 0) is 60.4 Å². The van der Waals surface area contributed by atoms with Gasteiger partial charge in [-0.15, -0.1) is 0 Å². The van der Waals surface area contributed by atoms with Crippen molar-refractivity contribution in [1.82, 2.24) is 0 Å². The van der Waals surface area contributed by atoms with Crippen LogP contribution in [0.25, 0.3) is 11.1 Å². The minimum absolute atomic E-state index is 1.07. The summed E-state index contributed by atoms with van der Waals surface area (Å²) in [4.78, 5) is 0. The molecule has 0 spiro atoms. The van der Waals surface area contributed by atoms with Crippen LogP contribution in [0.3, 0.4) is 0 Å². The Morgan fingerprint density at radius 2 is 0.944 bits per heavy atom. The zero-order valence-electron chi connectivity index (χ0n) is 9.82. The molecule has 0 atom stereocenters. The van der Waals surface area contributed by atoms with Gasteiger partial charge in [0.05, 0.1) is 0 Å². The van der Waals surface area contributed by atoms with Gasteiger partial charge in [0.15, 0.2) is 0 Å². The maximum atomic E-state index is 3.60. The summed E-state index contributed by atoms with van der Waals surface area (Å²) in [5, 5.41) is 0. The lowest BCUT2D eigenvalue weighted by molar-refractivity contribution is 1.36. The molecule has 0 aliphatic rings. The van der Waals surface area contributed by atoms with E-state index in [9.17, 15) is 0 Å². The predicted octanol–water partition coefficient (Wildman–Crippen LogP) is 7.02. The first-order chi connectivity index (χ1) is 8.40. The third-order valence-electron chi connectivity index (χ3n) is 2.91. The fourth-order valence-electron chi connectivity index (χ4n) is 1.85. The first-order valence-electron chi connectivity index (χ1n) is 5.32. The smallest absolute Gasteiger partial charge is 0.0221 e. The van der Waals surface area contributed by atoms with Crippen molar-refractivity contribution in [2.45, 2.75) is 13.8 Å². The third-order valence-corrected chi connectivity index (χ3v) is 5.47. The summed E-state index contributed by atoms with van der Waals surface area (Å²) in [6.45, 7) is 4.25. The highest BCUT2D eigenvalue weighted by atomic mass is 79.9. The van der Waals surface area contributed by atoms with Crippen LogP contribution in [0.2, 0.25) is 0 Å². The van der Waals surface area contributed by atoms with E-state index in [4.69, 9.17) is 0 Å². The van der Waals surface area contributed by atoms with E-state index in [1.165, 1.54) is 22.3 Å². The van der Waals surface area contributed by atoms with Crippen LogP contribution in [0.1, 0.15) is 11.1 Å². The fourth-order valence-corrected chi connectivity index (χ4v) is 4.30. The normalized spacial score (nSPS) is 10.8. The number of rotatable bonds is 1. The van der Waals surface area contributed by atoms with Gasteiger partial charge >= 0.3 is 0 Å². The molecule has 94 valence electrons. The van der Waals surface area contributed by atoms with Gasteiger partial charge in [-0.2, -0.15) is 0 Å². The van der Waals surface area contributed by atoms with Crippen molar-refractivity contribution in [3.8, 4) is 11.1 Å². The molecule has 0 unspecified atom stereocenters. The van der Waals surface area contributed by atoms with Gasteiger partial charge in [0.25, 0.3) is 0 Å². The monoisotopic (exact) mass is 494 g/mol. The topological polar surface area (TPSA) is 0 Å². The average Bonchev–Trinajstić information content (AvgIpc) is 2.28. The minimum atomic E-state index is 1.07. The number of hydrogen-bond acceptors (Lipinski definition) is 0. The van der Waals surface area contributed by atoms with E-state index in [0.29, 0.717) is 0 Å². The van der Waals surface area contributed by atoms with E-state index < -0.39 is 0 Å². The molecule has 18 heavy (non-hydrogen) atoms. The summed E-state index contributed by atoms with van der Waals surface area (Å²) < 4.78 is 4.38. The molecule has 0 amide bonds. The molecule has 0 radical (unpaired) electrons. The van der Waals surface area contributed by atoms with E-state index in [0.717, 1.165) is 17.9 Å². The molecule has 0 N–H and O–H groups in total. The molecular weight excluding hydrogens is 488 g/mol. The van der Waals surface area contributed by atoms with Crippen molar-refractivity contribution in [1.29, 1.82) is 0 Å². The molecule has 0 fully saturated rings. The van der Waals surface area contributed by atoms with Crippen molar-refractivity contribution in [2.24, 2.45) is 0 Å². The SMILES string of the molecule is Cc1c(Br)cc(Br)cc1-c1cc(Br)cc(Br)c1C. The van der Waals surface area contributed by atoms with Crippen LogP contribution in [0.5, 0.6) is 0 Å². The lowest BCUT2D eigenvalue weighted by Crippen LogP contribution is -1.90. The molecule has 0 heterocycles. The summed E-state index contributed by atoms with van der Waals surface area (Å²) in [5.74, 6) is 0. The van der Waals surface area contributed by atoms with Gasteiger partial charge in [0.2, 0.25) is 0 Å². The summed E-state index contributed by atoms with van der Waals surface area (Å²) in [6.07, 6.45) is 0. The lowest BCUT2D eigenvalue weighted by Gasteiger charge is -2.13. The van der Waals surface area contributed by atoms with Gasteiger partial charge in [0, 0.05) is 17.9 Å². The fraction of sp³-hybridized carbons (Fsp3) is 0.143. The Labute approximate surface area is 141 Å². The molecule has 0 aliphatic heterocycles. The van der Waals surface area contributed by atoms with Crippen molar-refractivity contribution in [3.05, 3.63) is 53.3 Å². The molecule has 0 bridgehead atoms. The van der Waals surface area contributed by atoms with Crippen LogP contribution in [0.15, 0.2) is 42.2 Å². The Balaban J connectivity index is 2.77. The van der Waals surface area contributed by atoms with Crippen LogP contribution in [-0.4, -0.2) is 0 Å². The maximum absolute atomic E-state index is 3.60. The Morgan fingerprint density at radius 1 is 0.611 bits per heavy atom. The third kappa shape index (κ3) is 2.92. The zero-order valence-corrected chi connectivity index (χ0v) is 16.2. The summed E-state index contributed by atoms with van der Waals surface area (Å²) in [6, 6.07) is 8.45. The Kier molecular flexibility index (Phi) is 4.74. The van der Waals surface area contributed by atoms with Crippen LogP contribution in [0.4, 0.5) is 0 Å². The number of halogens is 4. The summed E-state index contributed by atoms with van der Waals surface area (Å²) in [5.41, 5.74) is 4.95. The highest BCUT2D eigenvalue weighted by Crippen LogP contribution is 2.37. The molecular formula is C14H10Br4. The minimum Gasteiger partial charge on any atom is -0.0508 e. The second-order valence-corrected chi connectivity index (χ2v) is 7.66. The molecule has 4 heteroatoms. The van der Waals surface area contributed by atoms with E-state index in [2.05, 4.69) is 102 Å². The van der Waals surface area contributed by atoms with Crippen molar-refractivity contribution >= 4 is 63.7 Å². The first kappa shape index (κ1) is 14.8. The second-order valence-electron chi connectivity index (χ2n) is 4.12. The first-order valence-corrected chi connectivity index (χ1v) is 8.49. The molecule has 0 saturated heterocycles. The molecule has 0 nitrogen and oxygen atoms in total. The van der Waals surface area contributed by atoms with E-state index in [-0.39, 0.29) is 0 Å². The van der Waals surface area contributed by atoms with Crippen molar-refractivity contribution in [2.75, 3.05) is 0 Å². The van der Waals surface area contributed by atoms with Gasteiger partial charge in [0.1, 0.15) is 0 Å². The average molecular weight is 498 g/mol. The van der Waals surface area contributed by atoms with Crippen LogP contribution in [0, 0.1) is 13.8 Å². The predicted molar refractivity (Wildman–Crippen MR) is 92.2 cm³/mol. The molecule has 2 aromatic carbocycles. The number of benzene rings is 2. The van der Waals surface area contributed by atoms with E-state index >= 15 is 0 Å². The lowest BCUT2D eigenvalue weighted by atomic mass is 9.97. The Hall–Kier alpha value is 0.360. The Bertz CT molecular complexity index is 562. The van der Waals surface area contributed by atoms with Gasteiger partial charge < -0.3 is 0 Å². The molecule has 2 rings (SSSR count). The van der Waals surface area contributed by atoms with Crippen LogP contribution < -0.4 is 0 Å². The van der Waals surface area contributed by atoms with Crippen LogP contribution in [-0.2, 0) is 0 Å². The van der Waals surface area contributed by atoms with E-state index in [1.54, 1.807) is 0 Å². The molecule has 0 saturated carbocycles. The summed E-state index contributed by atoms with van der Waals surface area (Å²) in [7, 11) is 0. The summed E-state index contributed by atoms with van der Waals surface area (Å²) >= 11 is 14.3. The van der Waals surface area contributed by atoms with Gasteiger partial charge in [-0.25, -0.2) is 0 Å². The molecule has 2 aromatic rings. The highest BCUT2D eigenvalue weighted by Gasteiger charge is 2.11. The van der Waals surface area contributed by atoms with Gasteiger partial charge in [-0.3, -0.25) is 0 Å². The quantitative estimate of drug-likeness (QED) is 0.397. The maximum Gasteiger partial charge on any atom is 0.0221 e. The highest BCUT2D eigenvalue weighted by molar-refractivity contribution is 9.11. The molecule has 0 aliphatic carbocycles. The van der Waals surface area contributed by atoms with Gasteiger partial charge in [-0.1, -0.05) is 63.7 Å². The second kappa shape index (κ2) is 5.78.